The van der Waals surface area contributed by atoms with Crippen molar-refractivity contribution in [3.63, 3.8) is 0 Å². The summed E-state index contributed by atoms with van der Waals surface area (Å²) in [5, 5.41) is 5.92. The Morgan fingerprint density at radius 2 is 2.29 bits per heavy atom. The molecule has 100 valence electrons. The number of likely N-dealkylation sites (N-methyl/N-ethyl adjacent to an activating group) is 1. The number of carbonyl (C=O) groups excluding carboxylic acids is 1. The molecule has 2 N–H and O–H groups in total. The van der Waals surface area contributed by atoms with Crippen LogP contribution in [0.15, 0.2) is 0 Å². The Bertz CT molecular complexity index is 226. The number of nitrogens with zero attached hydrogens (tertiary/aromatic N) is 1. The van der Waals surface area contributed by atoms with Crippen LogP contribution < -0.4 is 10.6 Å². The molecule has 1 fully saturated rings. The molecule has 1 rings (SSSR count). The van der Waals surface area contributed by atoms with E-state index in [9.17, 15) is 4.79 Å². The standard InChI is InChI=1S/C11H23N3O3/c1-12-11(15)10-9-13-3-4-14(10)5-6-17-8-7-16-2/h10,13H,3-9H2,1-2H3,(H,12,15). The number of nitrogens with one attached hydrogen (secondary N) is 2. The topological polar surface area (TPSA) is 62.8 Å². The van der Waals surface area contributed by atoms with Crippen LogP contribution in [0.5, 0.6) is 0 Å². The number of ether oxygens (including phenoxy) is 2. The lowest BCUT2D eigenvalue weighted by Crippen LogP contribution is -2.58. The Hall–Kier alpha value is -0.690. The minimum absolute atomic E-state index is 0.0640. The fraction of sp³-hybridized carbons (Fsp3) is 0.909. The highest BCUT2D eigenvalue weighted by molar-refractivity contribution is 5.81. The monoisotopic (exact) mass is 245 g/mol. The van der Waals surface area contributed by atoms with Crippen molar-refractivity contribution in [3.8, 4) is 0 Å². The lowest BCUT2D eigenvalue weighted by Gasteiger charge is -2.34. The maximum absolute atomic E-state index is 11.7. The summed E-state index contributed by atoms with van der Waals surface area (Å²) in [5.74, 6) is 0.0640. The molecule has 0 bridgehead atoms. The summed E-state index contributed by atoms with van der Waals surface area (Å²) in [6.45, 7) is 5.14. The lowest BCUT2D eigenvalue weighted by molar-refractivity contribution is -0.126. The van der Waals surface area contributed by atoms with Gasteiger partial charge in [0.2, 0.25) is 5.91 Å². The van der Waals surface area contributed by atoms with Crippen molar-refractivity contribution in [1.29, 1.82) is 0 Å². The Labute approximate surface area is 103 Å². The van der Waals surface area contributed by atoms with Crippen LogP contribution in [-0.2, 0) is 14.3 Å². The zero-order chi connectivity index (χ0) is 12.5. The van der Waals surface area contributed by atoms with Gasteiger partial charge in [0.05, 0.1) is 19.8 Å². The number of methoxy groups -OCH3 is 1. The van der Waals surface area contributed by atoms with Crippen LogP contribution in [0.3, 0.4) is 0 Å². The fourth-order valence-corrected chi connectivity index (χ4v) is 1.87. The molecule has 0 aliphatic carbocycles. The Morgan fingerprint density at radius 1 is 1.47 bits per heavy atom. The average Bonchev–Trinajstić information content (AvgIpc) is 2.38. The first kappa shape index (κ1) is 14.4. The third-order valence-corrected chi connectivity index (χ3v) is 2.86. The summed E-state index contributed by atoms with van der Waals surface area (Å²) in [6, 6.07) is -0.0835. The summed E-state index contributed by atoms with van der Waals surface area (Å²) in [5.41, 5.74) is 0. The van der Waals surface area contributed by atoms with E-state index in [2.05, 4.69) is 15.5 Å². The van der Waals surface area contributed by atoms with Crippen LogP contribution in [0.1, 0.15) is 0 Å². The molecule has 0 spiro atoms. The molecule has 1 aliphatic rings. The summed E-state index contributed by atoms with van der Waals surface area (Å²) >= 11 is 0. The van der Waals surface area contributed by atoms with Crippen molar-refractivity contribution in [2.24, 2.45) is 0 Å². The largest absolute Gasteiger partial charge is 0.382 e. The van der Waals surface area contributed by atoms with Crippen LogP contribution in [0.4, 0.5) is 0 Å². The first-order valence-corrected chi connectivity index (χ1v) is 6.02. The minimum atomic E-state index is -0.0835. The van der Waals surface area contributed by atoms with E-state index in [1.165, 1.54) is 0 Å². The van der Waals surface area contributed by atoms with Gasteiger partial charge in [-0.2, -0.15) is 0 Å². The number of piperazine rings is 1. The van der Waals surface area contributed by atoms with E-state index in [1.54, 1.807) is 14.2 Å². The van der Waals surface area contributed by atoms with Crippen molar-refractivity contribution in [3.05, 3.63) is 0 Å². The van der Waals surface area contributed by atoms with Crippen molar-refractivity contribution in [1.82, 2.24) is 15.5 Å². The number of carbonyl (C=O) groups is 1. The third-order valence-electron chi connectivity index (χ3n) is 2.86. The molecule has 0 aromatic heterocycles. The second-order valence-electron chi connectivity index (χ2n) is 3.98. The number of hydrogen-bond acceptors (Lipinski definition) is 5. The van der Waals surface area contributed by atoms with Gasteiger partial charge in [-0.1, -0.05) is 0 Å². The van der Waals surface area contributed by atoms with Crippen LogP contribution >= 0.6 is 0 Å². The van der Waals surface area contributed by atoms with Gasteiger partial charge >= 0.3 is 0 Å². The summed E-state index contributed by atoms with van der Waals surface area (Å²) in [4.78, 5) is 13.8. The molecular formula is C11H23N3O3. The second-order valence-corrected chi connectivity index (χ2v) is 3.98. The van der Waals surface area contributed by atoms with E-state index in [0.717, 1.165) is 19.6 Å². The molecule has 0 aromatic rings. The van der Waals surface area contributed by atoms with Crippen LogP contribution in [0, 0.1) is 0 Å². The summed E-state index contributed by atoms with van der Waals surface area (Å²) < 4.78 is 10.3. The van der Waals surface area contributed by atoms with E-state index >= 15 is 0 Å². The molecule has 17 heavy (non-hydrogen) atoms. The van der Waals surface area contributed by atoms with Gasteiger partial charge in [-0.3, -0.25) is 9.69 Å². The maximum Gasteiger partial charge on any atom is 0.238 e. The Balaban J connectivity index is 2.25. The van der Waals surface area contributed by atoms with Crippen LogP contribution in [0.25, 0.3) is 0 Å². The fourth-order valence-electron chi connectivity index (χ4n) is 1.87. The first-order chi connectivity index (χ1) is 8.29. The van der Waals surface area contributed by atoms with E-state index < -0.39 is 0 Å². The van der Waals surface area contributed by atoms with Crippen molar-refractivity contribution < 1.29 is 14.3 Å². The van der Waals surface area contributed by atoms with E-state index in [0.29, 0.717) is 26.4 Å². The number of amides is 1. The predicted molar refractivity (Wildman–Crippen MR) is 65.0 cm³/mol. The first-order valence-electron chi connectivity index (χ1n) is 6.02. The normalized spacial score (nSPS) is 21.4. The van der Waals surface area contributed by atoms with Crippen molar-refractivity contribution >= 4 is 5.91 Å². The number of rotatable bonds is 7. The quantitative estimate of drug-likeness (QED) is 0.544. The van der Waals surface area contributed by atoms with E-state index in [4.69, 9.17) is 9.47 Å². The van der Waals surface area contributed by atoms with Gasteiger partial charge in [0.1, 0.15) is 6.04 Å². The molecule has 1 amide bonds. The van der Waals surface area contributed by atoms with Crippen LogP contribution in [-0.4, -0.2) is 77.0 Å². The van der Waals surface area contributed by atoms with Crippen LogP contribution in [0.2, 0.25) is 0 Å². The third kappa shape index (κ3) is 4.99. The highest BCUT2D eigenvalue weighted by Gasteiger charge is 2.27. The molecule has 0 aromatic carbocycles. The molecule has 1 heterocycles. The zero-order valence-corrected chi connectivity index (χ0v) is 10.7. The highest BCUT2D eigenvalue weighted by Crippen LogP contribution is 2.03. The van der Waals surface area contributed by atoms with E-state index in [-0.39, 0.29) is 11.9 Å². The van der Waals surface area contributed by atoms with Gasteiger partial charge in [-0.25, -0.2) is 0 Å². The highest BCUT2D eigenvalue weighted by atomic mass is 16.5. The molecule has 1 aliphatic heterocycles. The molecule has 6 heteroatoms. The van der Waals surface area contributed by atoms with Gasteiger partial charge in [0, 0.05) is 40.3 Å². The molecule has 0 saturated carbocycles. The smallest absolute Gasteiger partial charge is 0.238 e. The molecule has 0 radical (unpaired) electrons. The van der Waals surface area contributed by atoms with Crippen molar-refractivity contribution in [2.45, 2.75) is 6.04 Å². The number of hydrogen-bond donors (Lipinski definition) is 2. The second kappa shape index (κ2) is 8.41. The predicted octanol–water partition coefficient (Wildman–Crippen LogP) is -1.33. The molecule has 1 atom stereocenters. The SMILES string of the molecule is CNC(=O)C1CNCCN1CCOCCOC. The minimum Gasteiger partial charge on any atom is -0.382 e. The van der Waals surface area contributed by atoms with Gasteiger partial charge in [-0.15, -0.1) is 0 Å². The van der Waals surface area contributed by atoms with Gasteiger partial charge in [0.25, 0.3) is 0 Å². The molecule has 1 unspecified atom stereocenters. The van der Waals surface area contributed by atoms with Gasteiger partial charge in [-0.05, 0) is 0 Å². The summed E-state index contributed by atoms with van der Waals surface area (Å²) in [6.07, 6.45) is 0. The Morgan fingerprint density at radius 3 is 3.00 bits per heavy atom. The molecule has 1 saturated heterocycles. The average molecular weight is 245 g/mol. The lowest BCUT2D eigenvalue weighted by atomic mass is 10.2. The Kier molecular flexibility index (Phi) is 7.11. The van der Waals surface area contributed by atoms with E-state index in [1.807, 2.05) is 0 Å². The van der Waals surface area contributed by atoms with Crippen molar-refractivity contribution in [2.75, 3.05) is 60.2 Å². The zero-order valence-electron chi connectivity index (χ0n) is 10.7. The maximum atomic E-state index is 11.7. The van der Waals surface area contributed by atoms with Gasteiger partial charge in [0.15, 0.2) is 0 Å². The van der Waals surface area contributed by atoms with Gasteiger partial charge < -0.3 is 20.1 Å². The molecular weight excluding hydrogens is 222 g/mol. The molecule has 6 nitrogen and oxygen atoms in total. The summed E-state index contributed by atoms with van der Waals surface area (Å²) in [7, 11) is 3.32.